The van der Waals surface area contributed by atoms with Crippen LogP contribution >= 0.6 is 0 Å². The minimum Gasteiger partial charge on any atom is -0.462 e. The Bertz CT molecular complexity index is 1300. The van der Waals surface area contributed by atoms with Crippen LogP contribution in [0.4, 0.5) is 0 Å². The summed E-state index contributed by atoms with van der Waals surface area (Å²) in [5.41, 5.74) is 0.362. The first-order valence-corrected chi connectivity index (χ1v) is 12.9. The van der Waals surface area contributed by atoms with E-state index in [1.54, 1.807) is 19.1 Å². The number of amides is 2. The predicted octanol–water partition coefficient (Wildman–Crippen LogP) is -2.61. The van der Waals surface area contributed by atoms with Crippen molar-refractivity contribution in [3.63, 3.8) is 0 Å². The Hall–Kier alpha value is -3.15. The molecule has 0 spiro atoms. The van der Waals surface area contributed by atoms with E-state index in [9.17, 15) is 39.9 Å². The van der Waals surface area contributed by atoms with Crippen molar-refractivity contribution in [2.45, 2.75) is 82.1 Å². The van der Waals surface area contributed by atoms with Crippen LogP contribution in [0.15, 0.2) is 33.5 Å². The van der Waals surface area contributed by atoms with Crippen molar-refractivity contribution in [1.82, 2.24) is 10.6 Å². The SMILES string of the molecule is CC(=O)N[C@@H]1[C@H](O[C@H]2[C@H](O)[C@@H](NC(C)=O)[C@H](Oc3ccc4c(C)cc(=O)oc4c3)O[C@H]2CO)O[C@@H](CO)[C@H](O)[C@H]1O. The van der Waals surface area contributed by atoms with Crippen LogP contribution in [-0.2, 0) is 23.8 Å². The Labute approximate surface area is 233 Å². The number of aryl methyl sites for hydroxylation is 1. The second-order valence-electron chi connectivity index (χ2n) is 10.0. The number of rotatable bonds is 8. The van der Waals surface area contributed by atoms with Gasteiger partial charge in [-0.3, -0.25) is 9.59 Å². The fourth-order valence-corrected chi connectivity index (χ4v) is 4.98. The molecule has 0 aliphatic carbocycles. The molecule has 4 rings (SSSR count). The number of ether oxygens (including phenoxy) is 4. The Morgan fingerprint density at radius 2 is 1.49 bits per heavy atom. The van der Waals surface area contributed by atoms with Crippen LogP contribution in [0, 0.1) is 6.92 Å². The van der Waals surface area contributed by atoms with Gasteiger partial charge in [-0.2, -0.15) is 0 Å². The molecule has 15 heteroatoms. The molecule has 3 heterocycles. The molecule has 1 aromatic carbocycles. The van der Waals surface area contributed by atoms with Crippen LogP contribution in [0.3, 0.4) is 0 Å². The van der Waals surface area contributed by atoms with Gasteiger partial charge in [0.05, 0.1) is 13.2 Å². The summed E-state index contributed by atoms with van der Waals surface area (Å²) in [4.78, 5) is 35.7. The van der Waals surface area contributed by atoms with E-state index in [0.717, 1.165) is 6.92 Å². The lowest BCUT2D eigenvalue weighted by Gasteiger charge is -2.48. The van der Waals surface area contributed by atoms with E-state index in [0.29, 0.717) is 10.9 Å². The lowest BCUT2D eigenvalue weighted by molar-refractivity contribution is -0.325. The van der Waals surface area contributed by atoms with Crippen LogP contribution in [0.5, 0.6) is 5.75 Å². The van der Waals surface area contributed by atoms with Crippen LogP contribution in [-0.4, -0.2) is 112 Å². The summed E-state index contributed by atoms with van der Waals surface area (Å²) in [6.07, 6.45) is -11.7. The Balaban J connectivity index is 1.61. The average Bonchev–Trinajstić information content (AvgIpc) is 2.90. The fourth-order valence-electron chi connectivity index (χ4n) is 4.98. The maximum Gasteiger partial charge on any atom is 0.336 e. The summed E-state index contributed by atoms with van der Waals surface area (Å²) in [5.74, 6) is -0.985. The molecule has 15 nitrogen and oxygen atoms in total. The summed E-state index contributed by atoms with van der Waals surface area (Å²) in [6.45, 7) is 2.71. The maximum atomic E-state index is 12.1. The lowest BCUT2D eigenvalue weighted by atomic mass is 9.94. The summed E-state index contributed by atoms with van der Waals surface area (Å²) < 4.78 is 28.5. The van der Waals surface area contributed by atoms with Gasteiger partial charge in [0.2, 0.25) is 18.1 Å². The topological polar surface area (TPSA) is 226 Å². The molecule has 1 aromatic heterocycles. The standard InChI is InChI=1S/C26H34N2O13/c1-10-6-18(33)38-15-7-13(4-5-14(10)15)37-25-20(28-12(3)32)23(36)24(17(9-30)40-25)41-26-19(27-11(2)31)22(35)21(34)16(8-29)39-26/h4-7,16-17,19-26,29-30,34-36H,8-9H2,1-3H3,(H,27,31)(H,28,32)/t16-,17-,19-,20+,21-,22-,23+,24+,25+,26-/m0/s1. The van der Waals surface area contributed by atoms with Crippen molar-refractivity contribution in [2.24, 2.45) is 0 Å². The van der Waals surface area contributed by atoms with Gasteiger partial charge in [0.1, 0.15) is 60.0 Å². The lowest BCUT2D eigenvalue weighted by Crippen LogP contribution is -2.69. The number of benzene rings is 1. The molecule has 2 fully saturated rings. The molecule has 2 aliphatic heterocycles. The number of aliphatic hydroxyl groups is 5. The highest BCUT2D eigenvalue weighted by atomic mass is 16.7. The minimum atomic E-state index is -1.62. The van der Waals surface area contributed by atoms with Crippen LogP contribution in [0.2, 0.25) is 0 Å². The molecule has 0 saturated carbocycles. The Morgan fingerprint density at radius 1 is 0.878 bits per heavy atom. The van der Waals surface area contributed by atoms with Crippen molar-refractivity contribution in [3.05, 3.63) is 40.2 Å². The number of carbonyl (C=O) groups excluding carboxylic acids is 2. The molecule has 2 aromatic rings. The second kappa shape index (κ2) is 12.8. The zero-order valence-electron chi connectivity index (χ0n) is 22.5. The summed E-state index contributed by atoms with van der Waals surface area (Å²) in [7, 11) is 0. The fraction of sp³-hybridized carbons (Fsp3) is 0.577. The summed E-state index contributed by atoms with van der Waals surface area (Å²) in [5, 5.41) is 57.5. The molecular formula is C26H34N2O13. The number of fused-ring (bicyclic) bond motifs is 1. The van der Waals surface area contributed by atoms with Crippen molar-refractivity contribution < 1.29 is 58.5 Å². The highest BCUT2D eigenvalue weighted by Crippen LogP contribution is 2.31. The molecule has 226 valence electrons. The van der Waals surface area contributed by atoms with E-state index in [4.69, 9.17) is 23.4 Å². The van der Waals surface area contributed by atoms with Gasteiger partial charge in [0, 0.05) is 31.4 Å². The molecule has 0 bridgehead atoms. The van der Waals surface area contributed by atoms with Crippen LogP contribution in [0.1, 0.15) is 19.4 Å². The van der Waals surface area contributed by atoms with Gasteiger partial charge in [0.15, 0.2) is 6.29 Å². The van der Waals surface area contributed by atoms with Crippen molar-refractivity contribution >= 4 is 22.8 Å². The van der Waals surface area contributed by atoms with E-state index in [1.165, 1.54) is 19.1 Å². The molecule has 0 radical (unpaired) electrons. The first-order chi connectivity index (χ1) is 19.4. The van der Waals surface area contributed by atoms with Gasteiger partial charge in [-0.15, -0.1) is 0 Å². The van der Waals surface area contributed by atoms with Gasteiger partial charge >= 0.3 is 5.63 Å². The van der Waals surface area contributed by atoms with Gasteiger partial charge in [-0.05, 0) is 24.6 Å². The molecule has 2 amide bonds. The van der Waals surface area contributed by atoms with Gasteiger partial charge in [-0.25, -0.2) is 4.79 Å². The third kappa shape index (κ3) is 6.68. The van der Waals surface area contributed by atoms with Crippen molar-refractivity contribution in [1.29, 1.82) is 0 Å². The maximum absolute atomic E-state index is 12.1. The normalized spacial score (nSPS) is 33.8. The van der Waals surface area contributed by atoms with E-state index in [-0.39, 0.29) is 11.3 Å². The first kappa shape index (κ1) is 30.8. The summed E-state index contributed by atoms with van der Waals surface area (Å²) in [6, 6.07) is 3.41. The molecule has 2 saturated heterocycles. The third-order valence-electron chi connectivity index (χ3n) is 6.94. The quantitative estimate of drug-likeness (QED) is 0.159. The third-order valence-corrected chi connectivity index (χ3v) is 6.94. The largest absolute Gasteiger partial charge is 0.462 e. The molecule has 10 atom stereocenters. The van der Waals surface area contributed by atoms with E-state index < -0.39 is 91.9 Å². The average molecular weight is 583 g/mol. The highest BCUT2D eigenvalue weighted by molar-refractivity contribution is 5.81. The molecular weight excluding hydrogens is 548 g/mol. The molecule has 7 N–H and O–H groups in total. The van der Waals surface area contributed by atoms with Crippen LogP contribution in [0.25, 0.3) is 11.0 Å². The second-order valence-corrected chi connectivity index (χ2v) is 10.0. The van der Waals surface area contributed by atoms with E-state index in [2.05, 4.69) is 10.6 Å². The van der Waals surface area contributed by atoms with Crippen molar-refractivity contribution in [3.8, 4) is 5.75 Å². The monoisotopic (exact) mass is 582 g/mol. The molecule has 41 heavy (non-hydrogen) atoms. The number of carbonyl (C=O) groups is 2. The highest BCUT2D eigenvalue weighted by Gasteiger charge is 2.52. The minimum absolute atomic E-state index is 0.166. The van der Waals surface area contributed by atoms with Gasteiger partial charge < -0.3 is 59.5 Å². The smallest absolute Gasteiger partial charge is 0.336 e. The molecule has 0 unspecified atom stereocenters. The van der Waals surface area contributed by atoms with Crippen molar-refractivity contribution in [2.75, 3.05) is 13.2 Å². The number of aliphatic hydroxyl groups excluding tert-OH is 5. The molecule has 2 aliphatic rings. The number of hydrogen-bond acceptors (Lipinski definition) is 13. The predicted molar refractivity (Wildman–Crippen MR) is 137 cm³/mol. The number of hydrogen-bond donors (Lipinski definition) is 7. The van der Waals surface area contributed by atoms with E-state index >= 15 is 0 Å². The Morgan fingerprint density at radius 3 is 2.10 bits per heavy atom. The zero-order chi connectivity index (χ0) is 30.0. The van der Waals surface area contributed by atoms with Gasteiger partial charge in [0.25, 0.3) is 0 Å². The zero-order valence-corrected chi connectivity index (χ0v) is 22.5. The van der Waals surface area contributed by atoms with E-state index in [1.807, 2.05) is 0 Å². The van der Waals surface area contributed by atoms with Gasteiger partial charge in [-0.1, -0.05) is 0 Å². The Kier molecular flexibility index (Phi) is 9.61. The summed E-state index contributed by atoms with van der Waals surface area (Å²) >= 11 is 0. The first-order valence-electron chi connectivity index (χ1n) is 12.9. The van der Waals surface area contributed by atoms with Crippen LogP contribution < -0.4 is 21.0 Å². The number of nitrogens with one attached hydrogen (secondary N) is 2.